The lowest BCUT2D eigenvalue weighted by molar-refractivity contribution is 0.594. The van der Waals surface area contributed by atoms with E-state index in [-0.39, 0.29) is 30.2 Å². The van der Waals surface area contributed by atoms with Crippen LogP contribution in [0.2, 0.25) is 0 Å². The van der Waals surface area contributed by atoms with Gasteiger partial charge in [-0.3, -0.25) is 0 Å². The highest BCUT2D eigenvalue weighted by Crippen LogP contribution is 2.26. The fourth-order valence-corrected chi connectivity index (χ4v) is 2.32. The summed E-state index contributed by atoms with van der Waals surface area (Å²) in [5, 5.41) is 0. The van der Waals surface area contributed by atoms with E-state index in [0.29, 0.717) is 0 Å². The van der Waals surface area contributed by atoms with Gasteiger partial charge in [0.1, 0.15) is 5.82 Å². The third-order valence-corrected chi connectivity index (χ3v) is 3.53. The van der Waals surface area contributed by atoms with E-state index in [4.69, 9.17) is 5.73 Å². The number of rotatable bonds is 3. The van der Waals surface area contributed by atoms with E-state index in [2.05, 4.69) is 0 Å². The van der Waals surface area contributed by atoms with E-state index in [1.54, 1.807) is 6.07 Å². The molecule has 0 aliphatic carbocycles. The maximum absolute atomic E-state index is 14.0. The summed E-state index contributed by atoms with van der Waals surface area (Å²) in [7, 11) is 0. The molecule has 3 heteroatoms. The van der Waals surface area contributed by atoms with Crippen LogP contribution in [0.1, 0.15) is 48.1 Å². The van der Waals surface area contributed by atoms with E-state index >= 15 is 0 Å². The van der Waals surface area contributed by atoms with Crippen molar-refractivity contribution in [3.05, 3.63) is 70.5 Å². The van der Waals surface area contributed by atoms with Crippen LogP contribution in [0.3, 0.4) is 0 Å². The Labute approximate surface area is 126 Å². The number of nitrogens with two attached hydrogens (primary N) is 1. The van der Waals surface area contributed by atoms with E-state index in [1.807, 2.05) is 57.2 Å². The summed E-state index contributed by atoms with van der Waals surface area (Å²) < 4.78 is 14.0. The molecule has 0 amide bonds. The third kappa shape index (κ3) is 3.38. The van der Waals surface area contributed by atoms with Crippen LogP contribution in [0.15, 0.2) is 42.5 Å². The fraction of sp³-hybridized carbons (Fsp3) is 0.294. The molecule has 108 valence electrons. The maximum Gasteiger partial charge on any atom is 0.127 e. The Balaban J connectivity index is 0.00000200. The summed E-state index contributed by atoms with van der Waals surface area (Å²) in [6.07, 6.45) is 0. The summed E-state index contributed by atoms with van der Waals surface area (Å²) >= 11 is 0. The van der Waals surface area contributed by atoms with Crippen LogP contribution in [0.4, 0.5) is 4.39 Å². The van der Waals surface area contributed by atoms with Gasteiger partial charge in [0, 0.05) is 0 Å². The second-order valence-electron chi connectivity index (χ2n) is 5.27. The van der Waals surface area contributed by atoms with Gasteiger partial charge in [-0.2, -0.15) is 0 Å². The first-order valence-corrected chi connectivity index (χ1v) is 6.61. The lowest BCUT2D eigenvalue weighted by Gasteiger charge is -2.17. The van der Waals surface area contributed by atoms with Crippen molar-refractivity contribution >= 4 is 12.4 Å². The van der Waals surface area contributed by atoms with Gasteiger partial charge < -0.3 is 5.73 Å². The molecule has 2 N–H and O–H groups in total. The molecule has 0 saturated heterocycles. The largest absolute Gasteiger partial charge is 0.320 e. The van der Waals surface area contributed by atoms with Crippen molar-refractivity contribution in [2.24, 2.45) is 5.73 Å². The molecular formula is C17H21ClFN. The lowest BCUT2D eigenvalue weighted by Crippen LogP contribution is -2.13. The molecule has 2 aromatic carbocycles. The average molecular weight is 294 g/mol. The molecule has 2 rings (SSSR count). The summed E-state index contributed by atoms with van der Waals surface area (Å²) in [5.41, 5.74) is 9.97. The van der Waals surface area contributed by atoms with Crippen molar-refractivity contribution < 1.29 is 4.39 Å². The topological polar surface area (TPSA) is 26.0 Å². The first-order chi connectivity index (χ1) is 9.00. The van der Waals surface area contributed by atoms with Crippen molar-refractivity contribution in [3.63, 3.8) is 0 Å². The first-order valence-electron chi connectivity index (χ1n) is 6.61. The summed E-state index contributed by atoms with van der Waals surface area (Å²) in [6, 6.07) is 13.0. The summed E-state index contributed by atoms with van der Waals surface area (Å²) in [4.78, 5) is 0. The Bertz CT molecular complexity index is 581. The van der Waals surface area contributed by atoms with Gasteiger partial charge in [0.25, 0.3) is 0 Å². The molecule has 0 aliphatic rings. The minimum absolute atomic E-state index is 0. The molecule has 1 unspecified atom stereocenters. The first kappa shape index (κ1) is 16.7. The van der Waals surface area contributed by atoms with Crippen molar-refractivity contribution in [1.29, 1.82) is 0 Å². The minimum Gasteiger partial charge on any atom is -0.320 e. The molecule has 0 aromatic heterocycles. The zero-order chi connectivity index (χ0) is 14.0. The zero-order valence-electron chi connectivity index (χ0n) is 12.1. The number of halogens is 2. The predicted molar refractivity (Wildman–Crippen MR) is 84.9 cm³/mol. The third-order valence-electron chi connectivity index (χ3n) is 3.53. The summed E-state index contributed by atoms with van der Waals surface area (Å²) in [5.74, 6) is 0.0141. The van der Waals surface area contributed by atoms with Crippen molar-refractivity contribution in [1.82, 2.24) is 0 Å². The fourth-order valence-electron chi connectivity index (χ4n) is 2.32. The van der Waals surface area contributed by atoms with Gasteiger partial charge >= 0.3 is 0 Å². The lowest BCUT2D eigenvalue weighted by atomic mass is 9.93. The average Bonchev–Trinajstić information content (AvgIpc) is 2.38. The Morgan fingerprint density at radius 2 is 1.65 bits per heavy atom. The predicted octanol–water partition coefficient (Wildman–Crippen LogP) is 4.73. The van der Waals surface area contributed by atoms with Crippen LogP contribution in [-0.4, -0.2) is 0 Å². The quantitative estimate of drug-likeness (QED) is 0.870. The Morgan fingerprint density at radius 1 is 1.00 bits per heavy atom. The van der Waals surface area contributed by atoms with Gasteiger partial charge in [0.2, 0.25) is 0 Å². The number of aryl methyl sites for hydroxylation is 1. The molecule has 0 fully saturated rings. The van der Waals surface area contributed by atoms with Crippen LogP contribution < -0.4 is 5.73 Å². The Kier molecular flexibility index (Phi) is 5.73. The number of hydrogen-bond acceptors (Lipinski definition) is 1. The standard InChI is InChI=1S/C17H20FN.ClH/c1-11(2)14-9-8-13(10-16(14)18)17(19)15-7-5-4-6-12(15)3;/h4-11,17H,19H2,1-3H3;1H. The minimum atomic E-state index is -0.281. The molecular weight excluding hydrogens is 273 g/mol. The Hall–Kier alpha value is -1.38. The number of hydrogen-bond donors (Lipinski definition) is 1. The van der Waals surface area contributed by atoms with Crippen LogP contribution in [-0.2, 0) is 0 Å². The normalized spacial score (nSPS) is 12.1. The van der Waals surface area contributed by atoms with Gasteiger partial charge in [-0.05, 0) is 41.2 Å². The molecule has 1 atom stereocenters. The molecule has 0 aliphatic heterocycles. The second kappa shape index (κ2) is 6.87. The van der Waals surface area contributed by atoms with Crippen LogP contribution in [0, 0.1) is 12.7 Å². The molecule has 0 bridgehead atoms. The van der Waals surface area contributed by atoms with Gasteiger partial charge in [-0.25, -0.2) is 4.39 Å². The van der Waals surface area contributed by atoms with Crippen molar-refractivity contribution in [3.8, 4) is 0 Å². The highest BCUT2D eigenvalue weighted by molar-refractivity contribution is 5.85. The van der Waals surface area contributed by atoms with Crippen LogP contribution >= 0.6 is 12.4 Å². The maximum atomic E-state index is 14.0. The zero-order valence-corrected chi connectivity index (χ0v) is 12.9. The molecule has 0 saturated carbocycles. The second-order valence-corrected chi connectivity index (χ2v) is 5.27. The smallest absolute Gasteiger partial charge is 0.127 e. The SMILES string of the molecule is Cc1ccccc1C(N)c1ccc(C(C)C)c(F)c1.Cl. The molecule has 2 aromatic rings. The van der Waals surface area contributed by atoms with Gasteiger partial charge in [-0.15, -0.1) is 12.4 Å². The molecule has 1 nitrogen and oxygen atoms in total. The highest BCUT2D eigenvalue weighted by Gasteiger charge is 2.14. The van der Waals surface area contributed by atoms with Crippen LogP contribution in [0.25, 0.3) is 0 Å². The van der Waals surface area contributed by atoms with E-state index in [0.717, 1.165) is 22.3 Å². The van der Waals surface area contributed by atoms with Crippen molar-refractivity contribution in [2.45, 2.75) is 32.7 Å². The van der Waals surface area contributed by atoms with E-state index in [9.17, 15) is 4.39 Å². The molecule has 0 spiro atoms. The highest BCUT2D eigenvalue weighted by atomic mass is 35.5. The molecule has 0 radical (unpaired) electrons. The summed E-state index contributed by atoms with van der Waals surface area (Å²) in [6.45, 7) is 5.99. The number of benzene rings is 2. The molecule has 0 heterocycles. The van der Waals surface area contributed by atoms with Gasteiger partial charge in [0.05, 0.1) is 6.04 Å². The Morgan fingerprint density at radius 3 is 2.20 bits per heavy atom. The van der Waals surface area contributed by atoms with Gasteiger partial charge in [-0.1, -0.05) is 50.2 Å². The van der Waals surface area contributed by atoms with E-state index in [1.165, 1.54) is 0 Å². The van der Waals surface area contributed by atoms with E-state index < -0.39 is 0 Å². The molecule has 20 heavy (non-hydrogen) atoms. The van der Waals surface area contributed by atoms with Crippen molar-refractivity contribution in [2.75, 3.05) is 0 Å². The monoisotopic (exact) mass is 293 g/mol. The van der Waals surface area contributed by atoms with Gasteiger partial charge in [0.15, 0.2) is 0 Å². The van der Waals surface area contributed by atoms with Crippen LogP contribution in [0.5, 0.6) is 0 Å².